The summed E-state index contributed by atoms with van der Waals surface area (Å²) in [5, 5.41) is 8.01. The molecule has 1 fully saturated rings. The Morgan fingerprint density at radius 1 is 0.724 bits per heavy atom. The second-order valence-corrected chi connectivity index (χ2v) is 8.75. The summed E-state index contributed by atoms with van der Waals surface area (Å²) in [7, 11) is -3.68. The number of hydrogen-bond donors (Lipinski definition) is 2. The molecule has 148 valence electrons. The lowest BCUT2D eigenvalue weighted by Crippen LogP contribution is -2.36. The molecule has 0 bridgehead atoms. The van der Waals surface area contributed by atoms with E-state index in [0.29, 0.717) is 12.8 Å². The number of hydrazone groups is 1. The van der Waals surface area contributed by atoms with E-state index in [0.717, 1.165) is 16.8 Å². The van der Waals surface area contributed by atoms with Crippen molar-refractivity contribution in [2.75, 3.05) is 0 Å². The minimum Gasteiger partial charge on any atom is -0.302 e. The van der Waals surface area contributed by atoms with Gasteiger partial charge in [0, 0.05) is 30.6 Å². The molecule has 5 nitrogen and oxygen atoms in total. The summed E-state index contributed by atoms with van der Waals surface area (Å²) in [4.78, 5) is 2.63. The third-order valence-corrected chi connectivity index (χ3v) is 6.29. The molecule has 6 heteroatoms. The first-order chi connectivity index (χ1) is 14.1. The van der Waals surface area contributed by atoms with Crippen LogP contribution < -0.4 is 10.1 Å². The molecule has 1 aliphatic rings. The molecule has 0 spiro atoms. The minimum atomic E-state index is -3.68. The molecular formula is C23H23N3O2S. The lowest BCUT2D eigenvalue weighted by Gasteiger charge is -2.32. The summed E-state index contributed by atoms with van der Waals surface area (Å²) in [6.07, 6.45) is 1.29. The van der Waals surface area contributed by atoms with Crippen LogP contribution in [0.2, 0.25) is 0 Å². The van der Waals surface area contributed by atoms with E-state index in [9.17, 15) is 8.42 Å². The Hall–Kier alpha value is -2.96. The third kappa shape index (κ3) is 4.72. The quantitative estimate of drug-likeness (QED) is 0.626. The fourth-order valence-electron chi connectivity index (χ4n) is 3.58. The van der Waals surface area contributed by atoms with Crippen LogP contribution in [0.1, 0.15) is 36.1 Å². The van der Waals surface area contributed by atoms with E-state index in [4.69, 9.17) is 0 Å². The standard InChI is InChI=1S/C23H23N3O2S/c27-29(28,21-14-8-3-9-15-21)26-25-20-16-22(18-10-4-1-5-11-18)24-23(17-20)19-12-6-2-7-13-19/h1-15,22-24,26H,16-17H2. The Kier molecular flexibility index (Phi) is 5.74. The average molecular weight is 406 g/mol. The summed E-state index contributed by atoms with van der Waals surface area (Å²) in [5.74, 6) is 0. The summed E-state index contributed by atoms with van der Waals surface area (Å²) in [5.41, 5.74) is 3.14. The topological polar surface area (TPSA) is 70.6 Å². The molecule has 1 saturated heterocycles. The molecular weight excluding hydrogens is 382 g/mol. The van der Waals surface area contributed by atoms with Crippen molar-refractivity contribution < 1.29 is 8.42 Å². The molecule has 1 aliphatic heterocycles. The second kappa shape index (κ2) is 8.59. The van der Waals surface area contributed by atoms with Crippen LogP contribution in [0.5, 0.6) is 0 Å². The molecule has 0 radical (unpaired) electrons. The van der Waals surface area contributed by atoms with E-state index in [1.165, 1.54) is 0 Å². The molecule has 3 aromatic carbocycles. The highest BCUT2D eigenvalue weighted by atomic mass is 32.2. The SMILES string of the molecule is O=S(=O)(NN=C1CC(c2ccccc2)NC(c2ccccc2)C1)c1ccccc1. The van der Waals surface area contributed by atoms with Gasteiger partial charge in [-0.3, -0.25) is 0 Å². The van der Waals surface area contributed by atoms with Gasteiger partial charge in [0.25, 0.3) is 10.0 Å². The molecule has 1 heterocycles. The second-order valence-electron chi connectivity index (χ2n) is 7.09. The van der Waals surface area contributed by atoms with Gasteiger partial charge in [0.05, 0.1) is 4.90 Å². The molecule has 2 atom stereocenters. The Balaban J connectivity index is 1.60. The predicted molar refractivity (Wildman–Crippen MR) is 115 cm³/mol. The van der Waals surface area contributed by atoms with E-state index in [1.54, 1.807) is 30.3 Å². The van der Waals surface area contributed by atoms with Crippen LogP contribution in [-0.2, 0) is 10.0 Å². The summed E-state index contributed by atoms with van der Waals surface area (Å²) < 4.78 is 25.1. The molecule has 0 aromatic heterocycles. The van der Waals surface area contributed by atoms with Crippen LogP contribution in [0, 0.1) is 0 Å². The van der Waals surface area contributed by atoms with Gasteiger partial charge in [-0.25, -0.2) is 4.83 Å². The predicted octanol–water partition coefficient (Wildman–Crippen LogP) is 4.19. The van der Waals surface area contributed by atoms with Crippen LogP contribution in [0.3, 0.4) is 0 Å². The number of piperidine rings is 1. The van der Waals surface area contributed by atoms with Crippen LogP contribution in [0.15, 0.2) is 101 Å². The van der Waals surface area contributed by atoms with Gasteiger partial charge in [-0.15, -0.1) is 0 Å². The van der Waals surface area contributed by atoms with Crippen LogP contribution in [0.4, 0.5) is 0 Å². The van der Waals surface area contributed by atoms with Gasteiger partial charge in [-0.2, -0.15) is 13.5 Å². The zero-order valence-electron chi connectivity index (χ0n) is 15.9. The van der Waals surface area contributed by atoms with E-state index >= 15 is 0 Å². The van der Waals surface area contributed by atoms with E-state index in [-0.39, 0.29) is 17.0 Å². The largest absolute Gasteiger partial charge is 0.302 e. The Morgan fingerprint density at radius 2 is 1.17 bits per heavy atom. The minimum absolute atomic E-state index is 0.0649. The Morgan fingerprint density at radius 3 is 1.66 bits per heavy atom. The molecule has 29 heavy (non-hydrogen) atoms. The van der Waals surface area contributed by atoms with Crippen LogP contribution in [0.25, 0.3) is 0 Å². The zero-order chi connectivity index (χ0) is 20.1. The molecule has 4 rings (SSSR count). The smallest absolute Gasteiger partial charge is 0.276 e. The maximum absolute atomic E-state index is 12.5. The maximum Gasteiger partial charge on any atom is 0.276 e. The van der Waals surface area contributed by atoms with Gasteiger partial charge < -0.3 is 5.32 Å². The first-order valence-electron chi connectivity index (χ1n) is 9.60. The fourth-order valence-corrected chi connectivity index (χ4v) is 4.45. The first-order valence-corrected chi connectivity index (χ1v) is 11.1. The van der Waals surface area contributed by atoms with Gasteiger partial charge in [0.2, 0.25) is 0 Å². The first kappa shape index (κ1) is 19.4. The molecule has 2 N–H and O–H groups in total. The van der Waals surface area contributed by atoms with Crippen molar-refractivity contribution in [2.24, 2.45) is 5.10 Å². The monoisotopic (exact) mass is 405 g/mol. The van der Waals surface area contributed by atoms with Crippen molar-refractivity contribution in [3.05, 3.63) is 102 Å². The fraction of sp³-hybridized carbons (Fsp3) is 0.174. The molecule has 0 aliphatic carbocycles. The molecule has 0 saturated carbocycles. The highest BCUT2D eigenvalue weighted by Gasteiger charge is 2.28. The van der Waals surface area contributed by atoms with E-state index < -0.39 is 10.0 Å². The normalized spacial score (nSPS) is 19.5. The van der Waals surface area contributed by atoms with Crippen molar-refractivity contribution in [3.63, 3.8) is 0 Å². The van der Waals surface area contributed by atoms with Crippen LogP contribution in [-0.4, -0.2) is 14.1 Å². The molecule has 2 unspecified atom stereocenters. The Bertz CT molecular complexity index is 1020. The summed E-state index contributed by atoms with van der Waals surface area (Å²) in [6.45, 7) is 0. The number of nitrogens with one attached hydrogen (secondary N) is 2. The number of benzene rings is 3. The van der Waals surface area contributed by atoms with Gasteiger partial charge in [-0.05, 0) is 23.3 Å². The third-order valence-electron chi connectivity index (χ3n) is 5.06. The lowest BCUT2D eigenvalue weighted by atomic mass is 9.89. The van der Waals surface area contributed by atoms with Gasteiger partial charge in [0.1, 0.15) is 0 Å². The maximum atomic E-state index is 12.5. The highest BCUT2D eigenvalue weighted by molar-refractivity contribution is 7.89. The summed E-state index contributed by atoms with van der Waals surface area (Å²) >= 11 is 0. The summed E-state index contributed by atoms with van der Waals surface area (Å²) in [6, 6.07) is 28.8. The number of sulfonamides is 1. The van der Waals surface area contributed by atoms with Crippen molar-refractivity contribution >= 4 is 15.7 Å². The molecule has 0 amide bonds. The van der Waals surface area contributed by atoms with Crippen molar-refractivity contribution in [1.29, 1.82) is 0 Å². The van der Waals surface area contributed by atoms with Gasteiger partial charge in [0.15, 0.2) is 0 Å². The number of nitrogens with zero attached hydrogens (tertiary/aromatic N) is 1. The van der Waals surface area contributed by atoms with Crippen molar-refractivity contribution in [3.8, 4) is 0 Å². The van der Waals surface area contributed by atoms with Crippen LogP contribution >= 0.6 is 0 Å². The van der Waals surface area contributed by atoms with Gasteiger partial charge >= 0.3 is 0 Å². The van der Waals surface area contributed by atoms with Crippen molar-refractivity contribution in [1.82, 2.24) is 10.1 Å². The highest BCUT2D eigenvalue weighted by Crippen LogP contribution is 2.31. The van der Waals surface area contributed by atoms with Crippen molar-refractivity contribution in [2.45, 2.75) is 29.8 Å². The lowest BCUT2D eigenvalue weighted by molar-refractivity contribution is 0.427. The Labute approximate surface area is 171 Å². The molecule has 3 aromatic rings. The van der Waals surface area contributed by atoms with Gasteiger partial charge in [-0.1, -0.05) is 78.9 Å². The van der Waals surface area contributed by atoms with E-state index in [1.807, 2.05) is 36.4 Å². The zero-order valence-corrected chi connectivity index (χ0v) is 16.7. The average Bonchev–Trinajstić information content (AvgIpc) is 2.79. The van der Waals surface area contributed by atoms with E-state index in [2.05, 4.69) is 39.5 Å². The number of rotatable bonds is 5. The number of hydrogen-bond acceptors (Lipinski definition) is 4.